The van der Waals surface area contributed by atoms with Crippen LogP contribution in [0.4, 0.5) is 10.1 Å². The largest absolute Gasteiger partial charge is 0.391 e. The topological polar surface area (TPSA) is 110 Å². The van der Waals surface area contributed by atoms with E-state index in [9.17, 15) is 28.0 Å². The number of hydrogen-bond donors (Lipinski definition) is 2. The van der Waals surface area contributed by atoms with Gasteiger partial charge in [-0.3, -0.25) is 10.1 Å². The second-order valence-electron chi connectivity index (χ2n) is 4.95. The summed E-state index contributed by atoms with van der Waals surface area (Å²) in [6, 6.07) is 1.67. The molecule has 0 heterocycles. The Morgan fingerprint density at radius 3 is 2.57 bits per heavy atom. The second kappa shape index (κ2) is 6.04. The number of rotatable bonds is 4. The van der Waals surface area contributed by atoms with Crippen LogP contribution < -0.4 is 4.72 Å². The fraction of sp³-hybridized carbons (Fsp3) is 0.500. The highest BCUT2D eigenvalue weighted by Gasteiger charge is 2.30. The van der Waals surface area contributed by atoms with E-state index in [0.717, 1.165) is 25.0 Å². The molecular weight excluding hydrogens is 303 g/mol. The molecule has 1 aliphatic carbocycles. The maximum Gasteiger partial charge on any atom is 0.272 e. The van der Waals surface area contributed by atoms with E-state index in [4.69, 9.17) is 0 Å². The Morgan fingerprint density at radius 2 is 2.00 bits per heavy atom. The predicted octanol–water partition coefficient (Wildman–Crippen LogP) is 1.32. The molecule has 1 aromatic carbocycles. The number of nitrogens with zero attached hydrogens (tertiary/aromatic N) is 1. The minimum atomic E-state index is -4.17. The number of hydrogen-bond acceptors (Lipinski definition) is 5. The van der Waals surface area contributed by atoms with Crippen molar-refractivity contribution in [2.75, 3.05) is 0 Å². The van der Waals surface area contributed by atoms with Gasteiger partial charge in [0.05, 0.1) is 17.1 Å². The number of sulfonamides is 1. The molecule has 7 nitrogen and oxygen atoms in total. The molecule has 0 amide bonds. The Labute approximate surface area is 121 Å². The van der Waals surface area contributed by atoms with Gasteiger partial charge in [0.2, 0.25) is 10.0 Å². The van der Waals surface area contributed by atoms with Gasteiger partial charge in [-0.25, -0.2) is 17.5 Å². The number of benzene rings is 1. The summed E-state index contributed by atoms with van der Waals surface area (Å²) in [5.41, 5.74) is -0.524. The van der Waals surface area contributed by atoms with Crippen LogP contribution in [-0.4, -0.2) is 30.6 Å². The molecule has 9 heteroatoms. The Balaban J connectivity index is 2.25. The molecular formula is C12H15FN2O5S. The molecule has 116 valence electrons. The van der Waals surface area contributed by atoms with Gasteiger partial charge in [0.1, 0.15) is 10.7 Å². The van der Waals surface area contributed by atoms with Crippen molar-refractivity contribution in [3.8, 4) is 0 Å². The summed E-state index contributed by atoms with van der Waals surface area (Å²) < 4.78 is 40.3. The van der Waals surface area contributed by atoms with Gasteiger partial charge in [-0.15, -0.1) is 0 Å². The molecule has 2 N–H and O–H groups in total. The maximum atomic E-state index is 13.8. The fourth-order valence-electron chi connectivity index (χ4n) is 2.33. The number of aliphatic hydroxyl groups is 1. The van der Waals surface area contributed by atoms with Gasteiger partial charge in [-0.2, -0.15) is 0 Å². The third-order valence-corrected chi connectivity index (χ3v) is 4.97. The number of non-ortho nitro benzene ring substituents is 1. The van der Waals surface area contributed by atoms with Crippen molar-refractivity contribution in [3.05, 3.63) is 34.1 Å². The van der Waals surface area contributed by atoms with Gasteiger partial charge in [0.15, 0.2) is 0 Å². The van der Waals surface area contributed by atoms with E-state index in [0.29, 0.717) is 18.9 Å². The average molecular weight is 318 g/mol. The molecule has 2 atom stereocenters. The number of nitro groups is 1. The summed E-state index contributed by atoms with van der Waals surface area (Å²) >= 11 is 0. The van der Waals surface area contributed by atoms with Crippen LogP contribution in [0.5, 0.6) is 0 Å². The summed E-state index contributed by atoms with van der Waals surface area (Å²) in [5.74, 6) is -1.19. The molecule has 0 aromatic heterocycles. The first-order valence-corrected chi connectivity index (χ1v) is 7.94. The standard InChI is InChI=1S/C12H15FN2O5S/c13-9-7-8(15(17)18)5-6-12(9)21(19,20)14-10-3-1-2-4-11(10)16/h5-7,10-11,14,16H,1-4H2/t10-,11-/m0/s1. The molecule has 21 heavy (non-hydrogen) atoms. The van der Waals surface area contributed by atoms with Crippen LogP contribution in [-0.2, 0) is 10.0 Å². The molecule has 0 aliphatic heterocycles. The summed E-state index contributed by atoms with van der Waals surface area (Å²) in [7, 11) is -4.17. The predicted molar refractivity (Wildman–Crippen MR) is 71.6 cm³/mol. The Kier molecular flexibility index (Phi) is 4.55. The molecule has 0 spiro atoms. The first kappa shape index (κ1) is 15.8. The highest BCUT2D eigenvalue weighted by atomic mass is 32.2. The van der Waals surface area contributed by atoms with Gasteiger partial charge in [0.25, 0.3) is 5.69 Å². The highest BCUT2D eigenvalue weighted by molar-refractivity contribution is 7.89. The van der Waals surface area contributed by atoms with Crippen molar-refractivity contribution in [2.24, 2.45) is 0 Å². The summed E-state index contributed by atoms with van der Waals surface area (Å²) in [4.78, 5) is 9.05. The van der Waals surface area contributed by atoms with Crippen molar-refractivity contribution < 1.29 is 22.8 Å². The van der Waals surface area contributed by atoms with E-state index in [1.54, 1.807) is 0 Å². The van der Waals surface area contributed by atoms with Crippen LogP contribution in [0.1, 0.15) is 25.7 Å². The third-order valence-electron chi connectivity index (χ3n) is 3.45. The van der Waals surface area contributed by atoms with Crippen LogP contribution in [0.3, 0.4) is 0 Å². The Hall–Kier alpha value is -1.58. The first-order valence-electron chi connectivity index (χ1n) is 6.45. The molecule has 2 rings (SSSR count). The van der Waals surface area contributed by atoms with Crippen molar-refractivity contribution in [2.45, 2.75) is 42.7 Å². The lowest BCUT2D eigenvalue weighted by molar-refractivity contribution is -0.385. The maximum absolute atomic E-state index is 13.8. The van der Waals surface area contributed by atoms with Crippen LogP contribution >= 0.6 is 0 Å². The zero-order valence-corrected chi connectivity index (χ0v) is 11.8. The SMILES string of the molecule is O=[N+]([O-])c1ccc(S(=O)(=O)N[C@H]2CCCC[C@@H]2O)c(F)c1. The van der Waals surface area contributed by atoms with Gasteiger partial charge in [-0.05, 0) is 18.9 Å². The molecule has 1 aliphatic rings. The van der Waals surface area contributed by atoms with Crippen LogP contribution in [0.2, 0.25) is 0 Å². The molecule has 1 fully saturated rings. The highest BCUT2D eigenvalue weighted by Crippen LogP contribution is 2.23. The van der Waals surface area contributed by atoms with Gasteiger partial charge in [0, 0.05) is 12.1 Å². The normalized spacial score (nSPS) is 23.0. The monoisotopic (exact) mass is 318 g/mol. The van der Waals surface area contributed by atoms with Crippen LogP contribution in [0.25, 0.3) is 0 Å². The van der Waals surface area contributed by atoms with Crippen LogP contribution in [0, 0.1) is 15.9 Å². The lowest BCUT2D eigenvalue weighted by atomic mass is 9.93. The average Bonchev–Trinajstić information content (AvgIpc) is 2.40. The lowest BCUT2D eigenvalue weighted by Gasteiger charge is -2.28. The summed E-state index contributed by atoms with van der Waals surface area (Å²) in [6.07, 6.45) is 1.72. The fourth-order valence-corrected chi connectivity index (χ4v) is 3.70. The second-order valence-corrected chi connectivity index (χ2v) is 6.63. The molecule has 0 bridgehead atoms. The van der Waals surface area contributed by atoms with Crippen molar-refractivity contribution in [1.29, 1.82) is 0 Å². The van der Waals surface area contributed by atoms with Gasteiger partial charge < -0.3 is 5.11 Å². The number of nitrogens with one attached hydrogen (secondary N) is 1. The van der Waals surface area contributed by atoms with E-state index in [-0.39, 0.29) is 0 Å². The van der Waals surface area contributed by atoms with Gasteiger partial charge in [-0.1, -0.05) is 12.8 Å². The first-order chi connectivity index (χ1) is 9.81. The molecule has 0 saturated heterocycles. The minimum absolute atomic E-state index is 0.467. The molecule has 0 radical (unpaired) electrons. The van der Waals surface area contributed by atoms with E-state index in [1.807, 2.05) is 0 Å². The number of nitro benzene ring substituents is 1. The van der Waals surface area contributed by atoms with Gasteiger partial charge >= 0.3 is 0 Å². The van der Waals surface area contributed by atoms with Crippen molar-refractivity contribution in [1.82, 2.24) is 4.72 Å². The minimum Gasteiger partial charge on any atom is -0.391 e. The van der Waals surface area contributed by atoms with E-state index in [2.05, 4.69) is 4.72 Å². The molecule has 1 saturated carbocycles. The van der Waals surface area contributed by atoms with Crippen molar-refractivity contribution in [3.63, 3.8) is 0 Å². The lowest BCUT2D eigenvalue weighted by Crippen LogP contribution is -2.45. The summed E-state index contributed by atoms with van der Waals surface area (Å²) in [5, 5.41) is 20.3. The Morgan fingerprint density at radius 1 is 1.33 bits per heavy atom. The molecule has 1 aromatic rings. The zero-order chi connectivity index (χ0) is 15.6. The van der Waals surface area contributed by atoms with E-state index < -0.39 is 43.5 Å². The van der Waals surface area contributed by atoms with E-state index in [1.165, 1.54) is 0 Å². The smallest absolute Gasteiger partial charge is 0.272 e. The number of aliphatic hydroxyl groups excluding tert-OH is 1. The molecule has 0 unspecified atom stereocenters. The Bertz CT molecular complexity index is 649. The zero-order valence-electron chi connectivity index (χ0n) is 11.0. The summed E-state index contributed by atoms with van der Waals surface area (Å²) in [6.45, 7) is 0. The van der Waals surface area contributed by atoms with Crippen molar-refractivity contribution >= 4 is 15.7 Å². The van der Waals surface area contributed by atoms with Crippen LogP contribution in [0.15, 0.2) is 23.1 Å². The number of halogens is 1. The quantitative estimate of drug-likeness (QED) is 0.642. The van der Waals surface area contributed by atoms with E-state index >= 15 is 0 Å². The third kappa shape index (κ3) is 3.55.